The van der Waals surface area contributed by atoms with Crippen LogP contribution in [0.15, 0.2) is 42.5 Å². The third-order valence-electron chi connectivity index (χ3n) is 6.84. The summed E-state index contributed by atoms with van der Waals surface area (Å²) in [5.41, 5.74) is -0.968. The van der Waals surface area contributed by atoms with Crippen molar-refractivity contribution in [1.82, 2.24) is 9.80 Å². The number of hydrogen-bond acceptors (Lipinski definition) is 6. The van der Waals surface area contributed by atoms with Gasteiger partial charge in [0.15, 0.2) is 0 Å². The Morgan fingerprint density at radius 2 is 1.76 bits per heavy atom. The molecule has 0 saturated carbocycles. The summed E-state index contributed by atoms with van der Waals surface area (Å²) >= 11 is 5.96. The monoisotopic (exact) mass is 555 g/mol. The second kappa shape index (κ2) is 12.7. The topological polar surface area (TPSA) is 82.0 Å². The Morgan fingerprint density at radius 1 is 1.08 bits per heavy atom. The summed E-state index contributed by atoms with van der Waals surface area (Å²) in [6.07, 6.45) is -3.08. The van der Waals surface area contributed by atoms with Gasteiger partial charge in [0, 0.05) is 74.2 Å². The zero-order chi connectivity index (χ0) is 26.6. The molecule has 8 nitrogen and oxygen atoms in total. The molecular formula is C26H33ClF3N5O3. The number of nitrogens with one attached hydrogen (secondary N) is 1. The standard InChI is InChI=1S/C25H29ClF3N5O3.CH4/c26-18-3-6-21(7-4-18)32-14-12-31(13-15-32)10-1-2-24(35)33-11-9-20(17-33)30-19-5-8-23(34(36)37)22(16-19)25(27,28)29;/h3-8,16,20,30H,1-2,9-15,17H2;1H4/t20-;/m1./s1. The van der Waals surface area contributed by atoms with E-state index >= 15 is 0 Å². The molecule has 1 amide bonds. The SMILES string of the molecule is C.O=C(CCCN1CCN(c2ccc(Cl)cc2)CC1)N1CC[C@@H](Nc2ccc([N+](=O)[O-])c(C(F)(F)F)c2)C1. The van der Waals surface area contributed by atoms with Gasteiger partial charge in [-0.2, -0.15) is 13.2 Å². The van der Waals surface area contributed by atoms with Crippen LogP contribution in [0.25, 0.3) is 0 Å². The van der Waals surface area contributed by atoms with Gasteiger partial charge in [-0.1, -0.05) is 19.0 Å². The van der Waals surface area contributed by atoms with Gasteiger partial charge in [0.2, 0.25) is 5.91 Å². The molecule has 2 saturated heterocycles. The minimum Gasteiger partial charge on any atom is -0.380 e. The molecule has 2 aromatic rings. The third-order valence-corrected chi connectivity index (χ3v) is 7.09. The second-order valence-electron chi connectivity index (χ2n) is 9.37. The summed E-state index contributed by atoms with van der Waals surface area (Å²) in [5, 5.41) is 14.7. The van der Waals surface area contributed by atoms with Gasteiger partial charge in [-0.3, -0.25) is 19.8 Å². The number of rotatable bonds is 8. The maximum Gasteiger partial charge on any atom is 0.423 e. The van der Waals surface area contributed by atoms with Crippen LogP contribution in [0.2, 0.25) is 5.02 Å². The fourth-order valence-corrected chi connectivity index (χ4v) is 4.97. The number of hydrogen-bond donors (Lipinski definition) is 1. The van der Waals surface area contributed by atoms with E-state index in [2.05, 4.69) is 15.1 Å². The van der Waals surface area contributed by atoms with E-state index in [4.69, 9.17) is 11.6 Å². The molecule has 4 rings (SSSR count). The molecule has 1 atom stereocenters. The Bertz CT molecular complexity index is 1110. The highest BCUT2D eigenvalue weighted by atomic mass is 35.5. The number of halogens is 4. The molecule has 2 heterocycles. The zero-order valence-corrected chi connectivity index (χ0v) is 21.0. The number of carbonyl (C=O) groups is 1. The smallest absolute Gasteiger partial charge is 0.380 e. The molecule has 0 radical (unpaired) electrons. The molecule has 0 bridgehead atoms. The van der Waals surface area contributed by atoms with Crippen LogP contribution in [0.5, 0.6) is 0 Å². The van der Waals surface area contributed by atoms with E-state index in [-0.39, 0.29) is 25.1 Å². The van der Waals surface area contributed by atoms with Crippen LogP contribution in [0.3, 0.4) is 0 Å². The van der Waals surface area contributed by atoms with Crippen molar-refractivity contribution < 1.29 is 22.9 Å². The first kappa shape index (κ1) is 29.5. The number of likely N-dealkylation sites (tertiary alicyclic amines) is 1. The van der Waals surface area contributed by atoms with Gasteiger partial charge in [-0.15, -0.1) is 0 Å². The normalized spacial score (nSPS) is 18.3. The first-order chi connectivity index (χ1) is 17.6. The first-order valence-corrected chi connectivity index (χ1v) is 12.6. The van der Waals surface area contributed by atoms with Gasteiger partial charge in [-0.05, 0) is 55.8 Å². The van der Waals surface area contributed by atoms with Gasteiger partial charge in [0.1, 0.15) is 5.56 Å². The van der Waals surface area contributed by atoms with E-state index in [1.807, 2.05) is 24.3 Å². The average molecular weight is 556 g/mol. The number of amides is 1. The molecule has 208 valence electrons. The molecule has 0 spiro atoms. The van der Waals surface area contributed by atoms with E-state index in [0.717, 1.165) is 57.0 Å². The first-order valence-electron chi connectivity index (χ1n) is 12.2. The molecule has 2 aliphatic heterocycles. The lowest BCUT2D eigenvalue weighted by Crippen LogP contribution is -2.46. The Kier molecular flexibility index (Phi) is 9.83. The van der Waals surface area contributed by atoms with Crippen molar-refractivity contribution in [3.8, 4) is 0 Å². The average Bonchev–Trinajstić information content (AvgIpc) is 3.33. The van der Waals surface area contributed by atoms with Crippen molar-refractivity contribution in [3.05, 3.63) is 63.2 Å². The number of carbonyl (C=O) groups excluding carboxylic acids is 1. The van der Waals surface area contributed by atoms with Crippen LogP contribution >= 0.6 is 11.6 Å². The van der Waals surface area contributed by atoms with Gasteiger partial charge in [0.05, 0.1) is 4.92 Å². The molecule has 0 unspecified atom stereocenters. The number of alkyl halides is 3. The number of nitrogens with zero attached hydrogens (tertiary/aromatic N) is 4. The van der Waals surface area contributed by atoms with Gasteiger partial charge in [0.25, 0.3) is 5.69 Å². The summed E-state index contributed by atoms with van der Waals surface area (Å²) < 4.78 is 39.7. The van der Waals surface area contributed by atoms with Crippen molar-refractivity contribution >= 4 is 34.6 Å². The van der Waals surface area contributed by atoms with Crippen molar-refractivity contribution in [2.24, 2.45) is 0 Å². The van der Waals surface area contributed by atoms with Gasteiger partial charge in [-0.25, -0.2) is 0 Å². The van der Waals surface area contributed by atoms with Crippen molar-refractivity contribution in [2.75, 3.05) is 56.0 Å². The van der Waals surface area contributed by atoms with Gasteiger partial charge >= 0.3 is 6.18 Å². The number of nitro groups is 1. The second-order valence-corrected chi connectivity index (χ2v) is 9.80. The van der Waals surface area contributed by atoms with Crippen molar-refractivity contribution in [2.45, 2.75) is 38.9 Å². The Labute approximate surface area is 225 Å². The highest BCUT2D eigenvalue weighted by Gasteiger charge is 2.38. The molecular weight excluding hydrogens is 523 g/mol. The van der Waals surface area contributed by atoms with E-state index < -0.39 is 22.4 Å². The highest BCUT2D eigenvalue weighted by Crippen LogP contribution is 2.37. The maximum absolute atomic E-state index is 13.2. The summed E-state index contributed by atoms with van der Waals surface area (Å²) in [4.78, 5) is 29.0. The predicted molar refractivity (Wildman–Crippen MR) is 143 cm³/mol. The van der Waals surface area contributed by atoms with Crippen molar-refractivity contribution in [3.63, 3.8) is 0 Å². The fraction of sp³-hybridized carbons (Fsp3) is 0.500. The fourth-order valence-electron chi connectivity index (χ4n) is 4.85. The maximum atomic E-state index is 13.2. The van der Waals surface area contributed by atoms with Crippen LogP contribution in [-0.4, -0.2) is 72.5 Å². The molecule has 12 heteroatoms. The number of benzene rings is 2. The van der Waals surface area contributed by atoms with Crippen LogP contribution in [0.1, 0.15) is 32.3 Å². The largest absolute Gasteiger partial charge is 0.423 e. The quantitative estimate of drug-likeness (QED) is 0.341. The molecule has 38 heavy (non-hydrogen) atoms. The molecule has 0 aliphatic carbocycles. The lowest BCUT2D eigenvalue weighted by atomic mass is 10.1. The highest BCUT2D eigenvalue weighted by molar-refractivity contribution is 6.30. The summed E-state index contributed by atoms with van der Waals surface area (Å²) in [6, 6.07) is 10.5. The lowest BCUT2D eigenvalue weighted by molar-refractivity contribution is -0.388. The number of piperazine rings is 1. The third kappa shape index (κ3) is 7.50. The minimum atomic E-state index is -4.83. The summed E-state index contributed by atoms with van der Waals surface area (Å²) in [5.74, 6) is 0.0313. The summed E-state index contributed by atoms with van der Waals surface area (Å²) in [6.45, 7) is 5.40. The van der Waals surface area contributed by atoms with Crippen LogP contribution in [0, 0.1) is 10.1 Å². The number of nitro benzene ring substituents is 1. The van der Waals surface area contributed by atoms with E-state index in [9.17, 15) is 28.1 Å². The lowest BCUT2D eigenvalue weighted by Gasteiger charge is -2.36. The van der Waals surface area contributed by atoms with E-state index in [1.54, 1.807) is 4.90 Å². The van der Waals surface area contributed by atoms with E-state index in [0.29, 0.717) is 31.0 Å². The number of anilines is 2. The van der Waals surface area contributed by atoms with Crippen LogP contribution in [0.4, 0.5) is 30.2 Å². The van der Waals surface area contributed by atoms with Crippen LogP contribution < -0.4 is 10.2 Å². The van der Waals surface area contributed by atoms with E-state index in [1.165, 1.54) is 6.07 Å². The predicted octanol–water partition coefficient (Wildman–Crippen LogP) is 5.52. The Hall–Kier alpha value is -3.05. The molecule has 2 aromatic carbocycles. The zero-order valence-electron chi connectivity index (χ0n) is 20.2. The van der Waals surface area contributed by atoms with Gasteiger partial charge < -0.3 is 15.1 Å². The van der Waals surface area contributed by atoms with Crippen molar-refractivity contribution in [1.29, 1.82) is 0 Å². The molecule has 2 aliphatic rings. The summed E-state index contributed by atoms with van der Waals surface area (Å²) in [7, 11) is 0. The van der Waals surface area contributed by atoms with Crippen LogP contribution in [-0.2, 0) is 11.0 Å². The Balaban J connectivity index is 0.00000400. The Morgan fingerprint density at radius 3 is 2.39 bits per heavy atom. The molecule has 2 fully saturated rings. The molecule has 1 N–H and O–H groups in total. The minimum absolute atomic E-state index is 0. The molecule has 0 aromatic heterocycles.